The first-order valence-corrected chi connectivity index (χ1v) is 7.32. The highest BCUT2D eigenvalue weighted by Gasteiger charge is 2.26. The Bertz CT molecular complexity index is 528. The van der Waals surface area contributed by atoms with Crippen molar-refractivity contribution in [3.63, 3.8) is 0 Å². The van der Waals surface area contributed by atoms with E-state index in [9.17, 15) is 9.59 Å². The molecule has 0 radical (unpaired) electrons. The van der Waals surface area contributed by atoms with Crippen molar-refractivity contribution in [3.8, 4) is 0 Å². The van der Waals surface area contributed by atoms with Crippen LogP contribution in [0.2, 0.25) is 0 Å². The van der Waals surface area contributed by atoms with E-state index in [4.69, 9.17) is 4.74 Å². The summed E-state index contributed by atoms with van der Waals surface area (Å²) in [6.45, 7) is 7.35. The van der Waals surface area contributed by atoms with Gasteiger partial charge in [0.25, 0.3) is 5.91 Å². The van der Waals surface area contributed by atoms with Gasteiger partial charge in [-0.25, -0.2) is 4.79 Å². The lowest BCUT2D eigenvalue weighted by Crippen LogP contribution is -2.44. The minimum Gasteiger partial charge on any atom is -0.452 e. The molecule has 2 unspecified atom stereocenters. The van der Waals surface area contributed by atoms with Crippen LogP contribution >= 0.6 is 0 Å². The maximum atomic E-state index is 12.1. The second kappa shape index (κ2) is 6.28. The van der Waals surface area contributed by atoms with Crippen LogP contribution in [0.4, 0.5) is 0 Å². The topological polar surface area (TPSA) is 64.4 Å². The number of piperidine rings is 1. The van der Waals surface area contributed by atoms with Crippen molar-refractivity contribution < 1.29 is 14.3 Å². The molecule has 0 saturated carbocycles. The van der Waals surface area contributed by atoms with E-state index < -0.39 is 5.97 Å². The summed E-state index contributed by atoms with van der Waals surface area (Å²) in [6.07, 6.45) is 2.60. The van der Waals surface area contributed by atoms with Gasteiger partial charge in [0.05, 0.1) is 6.20 Å². The minimum absolute atomic E-state index is 0.122. The van der Waals surface area contributed by atoms with Gasteiger partial charge in [-0.1, -0.05) is 13.8 Å². The van der Waals surface area contributed by atoms with Crippen LogP contribution in [0.5, 0.6) is 0 Å². The number of aryl methyl sites for hydroxylation is 1. The molecule has 21 heavy (non-hydrogen) atoms. The van der Waals surface area contributed by atoms with E-state index in [1.54, 1.807) is 23.6 Å². The maximum Gasteiger partial charge on any atom is 0.342 e. The Hall–Kier alpha value is -1.85. The zero-order valence-electron chi connectivity index (χ0n) is 13.1. The van der Waals surface area contributed by atoms with Crippen molar-refractivity contribution >= 4 is 11.9 Å². The van der Waals surface area contributed by atoms with Gasteiger partial charge in [-0.3, -0.25) is 9.48 Å². The highest BCUT2D eigenvalue weighted by Crippen LogP contribution is 2.21. The fraction of sp³-hybridized carbons (Fsp3) is 0.667. The van der Waals surface area contributed by atoms with Gasteiger partial charge in [0.15, 0.2) is 6.61 Å². The lowest BCUT2D eigenvalue weighted by molar-refractivity contribution is -0.137. The molecule has 0 bridgehead atoms. The molecule has 1 aromatic heterocycles. The van der Waals surface area contributed by atoms with E-state index in [0.717, 1.165) is 25.2 Å². The summed E-state index contributed by atoms with van der Waals surface area (Å²) in [5, 5.41) is 3.99. The van der Waals surface area contributed by atoms with Crippen LogP contribution in [-0.4, -0.2) is 46.3 Å². The summed E-state index contributed by atoms with van der Waals surface area (Å²) in [7, 11) is 1.76. The van der Waals surface area contributed by atoms with Gasteiger partial charge in [-0.2, -0.15) is 5.10 Å². The van der Waals surface area contributed by atoms with Gasteiger partial charge in [0.1, 0.15) is 5.56 Å². The third-order valence-electron chi connectivity index (χ3n) is 4.00. The SMILES string of the molecule is Cc1c(C(=O)OCC(=O)N2CC(C)CC(C)C2)cnn1C. The van der Waals surface area contributed by atoms with E-state index in [-0.39, 0.29) is 12.5 Å². The van der Waals surface area contributed by atoms with Crippen molar-refractivity contribution in [2.45, 2.75) is 27.2 Å². The van der Waals surface area contributed by atoms with Crippen LogP contribution in [0.1, 0.15) is 36.3 Å². The molecule has 2 heterocycles. The molecule has 1 saturated heterocycles. The Labute approximate surface area is 125 Å². The second-order valence-electron chi connectivity index (χ2n) is 6.09. The number of likely N-dealkylation sites (tertiary alicyclic amines) is 1. The van der Waals surface area contributed by atoms with Gasteiger partial charge in [-0.15, -0.1) is 0 Å². The van der Waals surface area contributed by atoms with Crippen molar-refractivity contribution in [2.75, 3.05) is 19.7 Å². The van der Waals surface area contributed by atoms with Crippen LogP contribution < -0.4 is 0 Å². The van der Waals surface area contributed by atoms with E-state index in [1.165, 1.54) is 6.20 Å². The molecule has 2 rings (SSSR count). The summed E-state index contributed by atoms with van der Waals surface area (Å²) in [5.41, 5.74) is 1.14. The Morgan fingerprint density at radius 3 is 2.48 bits per heavy atom. The molecule has 6 nitrogen and oxygen atoms in total. The number of hydrogen-bond donors (Lipinski definition) is 0. The summed E-state index contributed by atoms with van der Waals surface area (Å²) < 4.78 is 6.73. The average Bonchev–Trinajstić information content (AvgIpc) is 2.75. The van der Waals surface area contributed by atoms with Gasteiger partial charge >= 0.3 is 5.97 Å². The number of hydrogen-bond acceptors (Lipinski definition) is 4. The third kappa shape index (κ3) is 3.62. The van der Waals surface area contributed by atoms with Crippen LogP contribution in [0.15, 0.2) is 6.20 Å². The molecule has 1 amide bonds. The van der Waals surface area contributed by atoms with E-state index in [0.29, 0.717) is 17.4 Å². The molecule has 116 valence electrons. The number of carbonyl (C=O) groups excluding carboxylic acids is 2. The number of ether oxygens (including phenoxy) is 1. The summed E-state index contributed by atoms with van der Waals surface area (Å²) >= 11 is 0. The monoisotopic (exact) mass is 293 g/mol. The van der Waals surface area contributed by atoms with Crippen LogP contribution in [0.3, 0.4) is 0 Å². The fourth-order valence-electron chi connectivity index (χ4n) is 2.86. The molecule has 0 aliphatic carbocycles. The lowest BCUT2D eigenvalue weighted by atomic mass is 9.92. The quantitative estimate of drug-likeness (QED) is 0.790. The third-order valence-corrected chi connectivity index (χ3v) is 4.00. The lowest BCUT2D eigenvalue weighted by Gasteiger charge is -2.34. The number of nitrogens with zero attached hydrogens (tertiary/aromatic N) is 3. The van der Waals surface area contributed by atoms with E-state index >= 15 is 0 Å². The molecule has 1 fully saturated rings. The van der Waals surface area contributed by atoms with Crippen LogP contribution in [-0.2, 0) is 16.6 Å². The van der Waals surface area contributed by atoms with Crippen LogP contribution in [0.25, 0.3) is 0 Å². The molecule has 1 aliphatic heterocycles. The average molecular weight is 293 g/mol. The summed E-state index contributed by atoms with van der Waals surface area (Å²) in [4.78, 5) is 25.9. The Morgan fingerprint density at radius 2 is 1.95 bits per heavy atom. The molecule has 0 aromatic carbocycles. The van der Waals surface area contributed by atoms with Crippen molar-refractivity contribution in [2.24, 2.45) is 18.9 Å². The normalized spacial score (nSPS) is 22.2. The van der Waals surface area contributed by atoms with Crippen molar-refractivity contribution in [3.05, 3.63) is 17.5 Å². The van der Waals surface area contributed by atoms with Gasteiger partial charge < -0.3 is 9.64 Å². The number of rotatable bonds is 3. The van der Waals surface area contributed by atoms with Crippen LogP contribution in [0, 0.1) is 18.8 Å². The number of esters is 1. The van der Waals surface area contributed by atoms with Crippen molar-refractivity contribution in [1.29, 1.82) is 0 Å². The van der Waals surface area contributed by atoms with Gasteiger partial charge in [-0.05, 0) is 25.2 Å². The Balaban J connectivity index is 1.89. The first kappa shape index (κ1) is 15.5. The van der Waals surface area contributed by atoms with Gasteiger partial charge in [0.2, 0.25) is 0 Å². The predicted molar refractivity (Wildman–Crippen MR) is 77.8 cm³/mol. The maximum absolute atomic E-state index is 12.1. The molecule has 2 atom stereocenters. The first-order chi connectivity index (χ1) is 9.88. The fourth-order valence-corrected chi connectivity index (χ4v) is 2.86. The molecule has 6 heteroatoms. The minimum atomic E-state index is -0.493. The Morgan fingerprint density at radius 1 is 1.33 bits per heavy atom. The standard InChI is InChI=1S/C15H23N3O3/c1-10-5-11(2)8-18(7-10)14(19)9-21-15(20)13-6-16-17(4)12(13)3/h6,10-11H,5,7-9H2,1-4H3. The molecular formula is C15H23N3O3. The summed E-state index contributed by atoms with van der Waals surface area (Å²) in [5.74, 6) is 0.373. The number of amides is 1. The number of aromatic nitrogens is 2. The predicted octanol–water partition coefficient (Wildman–Crippen LogP) is 1.39. The van der Waals surface area contributed by atoms with E-state index in [2.05, 4.69) is 18.9 Å². The molecule has 0 spiro atoms. The summed E-state index contributed by atoms with van der Waals surface area (Å²) in [6, 6.07) is 0. The Kier molecular flexibility index (Phi) is 4.65. The largest absolute Gasteiger partial charge is 0.452 e. The van der Waals surface area contributed by atoms with Gasteiger partial charge in [0, 0.05) is 25.8 Å². The highest BCUT2D eigenvalue weighted by molar-refractivity contribution is 5.92. The molecule has 1 aliphatic rings. The van der Waals surface area contributed by atoms with Crippen molar-refractivity contribution in [1.82, 2.24) is 14.7 Å². The zero-order chi connectivity index (χ0) is 15.6. The first-order valence-electron chi connectivity index (χ1n) is 7.32. The number of carbonyl (C=O) groups is 2. The smallest absolute Gasteiger partial charge is 0.342 e. The molecule has 1 aromatic rings. The molecule has 0 N–H and O–H groups in total. The highest BCUT2D eigenvalue weighted by atomic mass is 16.5. The second-order valence-corrected chi connectivity index (χ2v) is 6.09. The van der Waals surface area contributed by atoms with E-state index in [1.807, 2.05) is 0 Å². The molecular weight excluding hydrogens is 270 g/mol. The zero-order valence-corrected chi connectivity index (χ0v) is 13.1.